The van der Waals surface area contributed by atoms with Crippen molar-refractivity contribution in [2.75, 3.05) is 13.1 Å². The average molecular weight is 175 g/mol. The fourth-order valence-electron chi connectivity index (χ4n) is 1.45. The number of rotatable bonds is 1. The summed E-state index contributed by atoms with van der Waals surface area (Å²) >= 11 is 0. The lowest BCUT2D eigenvalue weighted by molar-refractivity contribution is 0.273. The number of hydrogen-bond acceptors (Lipinski definition) is 2. The lowest BCUT2D eigenvalue weighted by Crippen LogP contribution is -2.35. The van der Waals surface area contributed by atoms with Crippen LogP contribution in [0, 0.1) is 16.7 Å². The molecule has 1 fully saturated rings. The third-order valence-electron chi connectivity index (χ3n) is 2.47. The van der Waals surface area contributed by atoms with Gasteiger partial charge in [-0.15, -0.1) is 12.4 Å². The van der Waals surface area contributed by atoms with Crippen molar-refractivity contribution in [1.82, 2.24) is 5.32 Å². The third kappa shape index (κ3) is 2.36. The first kappa shape index (κ1) is 10.7. The summed E-state index contributed by atoms with van der Waals surface area (Å²) in [5, 5.41) is 12.1. The summed E-state index contributed by atoms with van der Waals surface area (Å²) in [7, 11) is 0. The zero-order valence-corrected chi connectivity index (χ0v) is 7.71. The molecule has 0 bridgehead atoms. The van der Waals surface area contributed by atoms with Gasteiger partial charge < -0.3 is 5.32 Å². The van der Waals surface area contributed by atoms with E-state index < -0.39 is 0 Å². The van der Waals surface area contributed by atoms with E-state index in [2.05, 4.69) is 18.3 Å². The van der Waals surface area contributed by atoms with Gasteiger partial charge in [-0.05, 0) is 32.4 Å². The first-order chi connectivity index (χ1) is 4.83. The topological polar surface area (TPSA) is 35.8 Å². The molecule has 0 unspecified atom stereocenters. The van der Waals surface area contributed by atoms with E-state index in [1.807, 2.05) is 0 Å². The third-order valence-corrected chi connectivity index (χ3v) is 2.47. The molecule has 64 valence electrons. The Morgan fingerprint density at radius 3 is 2.27 bits per heavy atom. The Hall–Kier alpha value is -0.260. The van der Waals surface area contributed by atoms with Crippen LogP contribution >= 0.6 is 12.4 Å². The van der Waals surface area contributed by atoms with Gasteiger partial charge in [-0.2, -0.15) is 5.26 Å². The minimum atomic E-state index is 0. The van der Waals surface area contributed by atoms with Crippen molar-refractivity contribution in [2.45, 2.75) is 26.2 Å². The van der Waals surface area contributed by atoms with Crippen molar-refractivity contribution >= 4 is 12.4 Å². The summed E-state index contributed by atoms with van der Waals surface area (Å²) in [6, 6.07) is 2.43. The average Bonchev–Trinajstić information content (AvgIpc) is 2.06. The van der Waals surface area contributed by atoms with Gasteiger partial charge in [0, 0.05) is 0 Å². The minimum absolute atomic E-state index is 0. The maximum atomic E-state index is 8.86. The van der Waals surface area contributed by atoms with E-state index in [9.17, 15) is 0 Å². The van der Waals surface area contributed by atoms with Crippen molar-refractivity contribution < 1.29 is 0 Å². The van der Waals surface area contributed by atoms with Crippen molar-refractivity contribution in [3.63, 3.8) is 0 Å². The number of hydrogen-bond donors (Lipinski definition) is 1. The molecule has 1 rings (SSSR count). The largest absolute Gasteiger partial charge is 0.317 e. The van der Waals surface area contributed by atoms with Crippen molar-refractivity contribution in [2.24, 2.45) is 5.41 Å². The Balaban J connectivity index is 0.000001000. The predicted octanol–water partition coefficient (Wildman–Crippen LogP) is 1.71. The van der Waals surface area contributed by atoms with Crippen LogP contribution < -0.4 is 5.32 Å². The van der Waals surface area contributed by atoms with Gasteiger partial charge in [-0.3, -0.25) is 0 Å². The fraction of sp³-hybridized carbons (Fsp3) is 0.875. The second-order valence-corrected chi connectivity index (χ2v) is 3.00. The van der Waals surface area contributed by atoms with Crippen LogP contribution in [0.2, 0.25) is 0 Å². The van der Waals surface area contributed by atoms with E-state index >= 15 is 0 Å². The number of halogens is 1. The number of nitriles is 1. The summed E-state index contributed by atoms with van der Waals surface area (Å²) in [4.78, 5) is 0. The zero-order chi connectivity index (χ0) is 7.45. The van der Waals surface area contributed by atoms with Crippen LogP contribution in [0.25, 0.3) is 0 Å². The van der Waals surface area contributed by atoms with Crippen molar-refractivity contribution in [1.29, 1.82) is 5.26 Å². The highest BCUT2D eigenvalue weighted by Crippen LogP contribution is 2.30. The molecule has 2 nitrogen and oxygen atoms in total. The molecule has 0 saturated carbocycles. The molecule has 1 heterocycles. The SMILES string of the molecule is CCC1(C#N)CCNCC1.Cl. The predicted molar refractivity (Wildman–Crippen MR) is 47.7 cm³/mol. The highest BCUT2D eigenvalue weighted by molar-refractivity contribution is 5.85. The number of nitrogens with one attached hydrogen (secondary N) is 1. The lowest BCUT2D eigenvalue weighted by atomic mass is 9.78. The van der Waals surface area contributed by atoms with Gasteiger partial charge in [0.1, 0.15) is 0 Å². The molecule has 3 heteroatoms. The van der Waals surface area contributed by atoms with E-state index in [0.29, 0.717) is 0 Å². The molecule has 0 aromatic rings. The Labute approximate surface area is 74.4 Å². The van der Waals surface area contributed by atoms with E-state index in [-0.39, 0.29) is 17.8 Å². The quantitative estimate of drug-likeness (QED) is 0.657. The van der Waals surface area contributed by atoms with Gasteiger partial charge in [0.15, 0.2) is 0 Å². The van der Waals surface area contributed by atoms with Crippen LogP contribution in [-0.2, 0) is 0 Å². The van der Waals surface area contributed by atoms with Crippen molar-refractivity contribution in [3.05, 3.63) is 0 Å². The molecular weight excluding hydrogens is 160 g/mol. The normalized spacial score (nSPS) is 21.5. The molecule has 0 aromatic carbocycles. The fourth-order valence-corrected chi connectivity index (χ4v) is 1.45. The second-order valence-electron chi connectivity index (χ2n) is 3.00. The minimum Gasteiger partial charge on any atom is -0.317 e. The van der Waals surface area contributed by atoms with Crippen LogP contribution in [0.3, 0.4) is 0 Å². The van der Waals surface area contributed by atoms with Gasteiger partial charge in [0.2, 0.25) is 0 Å². The maximum Gasteiger partial charge on any atom is 0.0690 e. The summed E-state index contributed by atoms with van der Waals surface area (Å²) in [6.45, 7) is 4.14. The molecule has 1 saturated heterocycles. The standard InChI is InChI=1S/C8H14N2.ClH/c1-2-8(7-9)3-5-10-6-4-8;/h10H,2-6H2,1H3;1H. The Morgan fingerprint density at radius 1 is 1.45 bits per heavy atom. The second kappa shape index (κ2) is 4.58. The van der Waals surface area contributed by atoms with Gasteiger partial charge in [0.25, 0.3) is 0 Å². The molecule has 11 heavy (non-hydrogen) atoms. The Kier molecular flexibility index (Phi) is 4.48. The smallest absolute Gasteiger partial charge is 0.0690 e. The molecule has 0 aliphatic carbocycles. The molecule has 0 radical (unpaired) electrons. The van der Waals surface area contributed by atoms with Crippen LogP contribution in [-0.4, -0.2) is 13.1 Å². The van der Waals surface area contributed by atoms with E-state index in [4.69, 9.17) is 5.26 Å². The highest BCUT2D eigenvalue weighted by atomic mass is 35.5. The van der Waals surface area contributed by atoms with E-state index in [0.717, 1.165) is 32.4 Å². The molecule has 0 spiro atoms. The van der Waals surface area contributed by atoms with Gasteiger partial charge >= 0.3 is 0 Å². The van der Waals surface area contributed by atoms with Gasteiger partial charge in [-0.1, -0.05) is 6.92 Å². The van der Waals surface area contributed by atoms with Crippen LogP contribution in [0.5, 0.6) is 0 Å². The summed E-state index contributed by atoms with van der Waals surface area (Å²) in [6.07, 6.45) is 3.06. The molecule has 0 amide bonds. The first-order valence-electron chi connectivity index (χ1n) is 3.95. The summed E-state index contributed by atoms with van der Waals surface area (Å²) < 4.78 is 0. The molecule has 1 N–H and O–H groups in total. The van der Waals surface area contributed by atoms with E-state index in [1.165, 1.54) is 0 Å². The molecule has 0 aromatic heterocycles. The summed E-state index contributed by atoms with van der Waals surface area (Å²) in [5.74, 6) is 0. The molecular formula is C8H15ClN2. The van der Waals surface area contributed by atoms with Gasteiger partial charge in [-0.25, -0.2) is 0 Å². The van der Waals surface area contributed by atoms with Crippen molar-refractivity contribution in [3.8, 4) is 6.07 Å². The number of nitrogens with zero attached hydrogens (tertiary/aromatic N) is 1. The first-order valence-corrected chi connectivity index (χ1v) is 3.95. The van der Waals surface area contributed by atoms with E-state index in [1.54, 1.807) is 0 Å². The molecule has 1 aliphatic rings. The van der Waals surface area contributed by atoms with Crippen LogP contribution in [0.1, 0.15) is 26.2 Å². The Morgan fingerprint density at radius 2 is 2.00 bits per heavy atom. The van der Waals surface area contributed by atoms with Gasteiger partial charge in [0.05, 0.1) is 11.5 Å². The Bertz CT molecular complexity index is 145. The zero-order valence-electron chi connectivity index (χ0n) is 6.89. The van der Waals surface area contributed by atoms with Crippen LogP contribution in [0.15, 0.2) is 0 Å². The molecule has 0 atom stereocenters. The van der Waals surface area contributed by atoms with Crippen LogP contribution in [0.4, 0.5) is 0 Å². The number of piperidine rings is 1. The summed E-state index contributed by atoms with van der Waals surface area (Å²) in [5.41, 5.74) is 0.00521. The molecule has 1 aliphatic heterocycles. The monoisotopic (exact) mass is 174 g/mol. The lowest BCUT2D eigenvalue weighted by Gasteiger charge is -2.29. The highest BCUT2D eigenvalue weighted by Gasteiger charge is 2.29. The maximum absolute atomic E-state index is 8.86.